The van der Waals surface area contributed by atoms with E-state index in [0.717, 1.165) is 130 Å². The summed E-state index contributed by atoms with van der Waals surface area (Å²) in [4.78, 5) is 7.01. The van der Waals surface area contributed by atoms with Gasteiger partial charge in [-0.3, -0.25) is 0 Å². The van der Waals surface area contributed by atoms with E-state index in [1.165, 1.54) is 0 Å². The fourth-order valence-corrected chi connectivity index (χ4v) is 4.64. The van der Waals surface area contributed by atoms with Gasteiger partial charge >= 0.3 is 0 Å². The Morgan fingerprint density at radius 3 is 0.966 bits per heavy atom. The molecule has 0 heterocycles. The second-order valence-corrected chi connectivity index (χ2v) is 10.1. The summed E-state index contributed by atoms with van der Waals surface area (Å²) in [6.45, 7) is 4.21. The first kappa shape index (κ1) is 30.2. The topological polar surface area (TPSA) is 6.48 Å². The Morgan fingerprint density at radius 2 is 0.724 bits per heavy atom. The number of hydrogen-bond acceptors (Lipinski definition) is 6. The van der Waals surface area contributed by atoms with Gasteiger partial charge in [0.2, 0.25) is 0 Å². The van der Waals surface area contributed by atoms with Gasteiger partial charge in [-0.2, -0.15) is 50.5 Å². The maximum absolute atomic E-state index is 5.78. The Hall–Kier alpha value is 1.18. The first-order valence-corrected chi connectivity index (χ1v) is 14.4. The highest BCUT2D eigenvalue weighted by molar-refractivity contribution is 7.81. The minimum Gasteiger partial charge on any atom is -0.366 e. The van der Waals surface area contributed by atoms with E-state index in [0.29, 0.717) is 0 Å². The van der Waals surface area contributed by atoms with E-state index in [-0.39, 0.29) is 0 Å². The molecule has 0 saturated heterocycles. The molecule has 0 bridgehead atoms. The summed E-state index contributed by atoms with van der Waals surface area (Å²) in [6, 6.07) is 0. The van der Waals surface area contributed by atoms with Gasteiger partial charge < -0.3 is 9.80 Å². The molecule has 0 unspecified atom stereocenters. The van der Waals surface area contributed by atoms with Crippen molar-refractivity contribution in [2.75, 3.05) is 49.2 Å². The van der Waals surface area contributed by atoms with Crippen LogP contribution in [0.5, 0.6) is 0 Å². The summed E-state index contributed by atoms with van der Waals surface area (Å²) in [5.41, 5.74) is 0. The van der Waals surface area contributed by atoms with Crippen molar-refractivity contribution in [2.24, 2.45) is 0 Å². The first-order chi connectivity index (χ1) is 14.1. The van der Waals surface area contributed by atoms with Crippen LogP contribution in [0.15, 0.2) is 0 Å². The molecule has 172 valence electrons. The van der Waals surface area contributed by atoms with Gasteiger partial charge in [0.1, 0.15) is 0 Å². The van der Waals surface area contributed by atoms with Crippen LogP contribution >= 0.6 is 75.0 Å². The van der Waals surface area contributed by atoms with Gasteiger partial charge in [-0.25, -0.2) is 0 Å². The van der Waals surface area contributed by atoms with Crippen LogP contribution in [0.1, 0.15) is 70.6 Å². The van der Waals surface area contributed by atoms with Gasteiger partial charge in [0.25, 0.3) is 0 Å². The van der Waals surface area contributed by atoms with Crippen molar-refractivity contribution in [3.63, 3.8) is 0 Å². The van der Waals surface area contributed by atoms with Crippen molar-refractivity contribution in [1.29, 1.82) is 0 Å². The number of nitrogens with zero attached hydrogens (tertiary/aromatic N) is 2. The summed E-state index contributed by atoms with van der Waals surface area (Å²) in [7, 11) is 0. The quantitative estimate of drug-likeness (QED) is 0.0865. The fraction of sp³-hybridized carbons (Fsp3) is 0.905. The monoisotopic (exact) mass is 514 g/mol. The summed E-state index contributed by atoms with van der Waals surface area (Å²) in [6.07, 6.45) is 12.2. The number of thiocarbonyl (C=S) groups is 2. The molecule has 0 aromatic heterocycles. The Kier molecular flexibility index (Phi) is 23.3. The Bertz CT molecular complexity index is 353. The fourth-order valence-electron chi connectivity index (χ4n) is 3.09. The van der Waals surface area contributed by atoms with E-state index in [4.69, 9.17) is 24.4 Å². The maximum Gasteiger partial charge on any atom is 0.0779 e. The van der Waals surface area contributed by atoms with Crippen LogP contribution in [-0.4, -0.2) is 69.0 Å². The molecule has 0 aliphatic heterocycles. The SMILES string of the molecule is S=C(CCCC(=S)N(CCCCS)CCCCS)N(CCCCS)CCCCS. The predicted octanol–water partition coefficient (Wildman–Crippen LogP) is 6.26. The molecular formula is C21H42N2S6. The Morgan fingerprint density at radius 1 is 0.448 bits per heavy atom. The Labute approximate surface area is 213 Å². The van der Waals surface area contributed by atoms with Gasteiger partial charge in [-0.15, -0.1) is 0 Å². The van der Waals surface area contributed by atoms with Crippen LogP contribution in [0.3, 0.4) is 0 Å². The second kappa shape index (κ2) is 22.4. The van der Waals surface area contributed by atoms with Crippen LogP contribution in [0.4, 0.5) is 0 Å². The highest BCUT2D eigenvalue weighted by Gasteiger charge is 2.12. The molecule has 0 saturated carbocycles. The number of thiol groups is 4. The zero-order valence-electron chi connectivity index (χ0n) is 17.9. The van der Waals surface area contributed by atoms with Crippen molar-refractivity contribution >= 4 is 84.9 Å². The van der Waals surface area contributed by atoms with E-state index in [1.807, 2.05) is 0 Å². The van der Waals surface area contributed by atoms with Crippen LogP contribution in [0.2, 0.25) is 0 Å². The molecule has 8 heteroatoms. The largest absolute Gasteiger partial charge is 0.366 e. The summed E-state index contributed by atoms with van der Waals surface area (Å²) < 4.78 is 0. The Balaban J connectivity index is 4.43. The summed E-state index contributed by atoms with van der Waals surface area (Å²) in [5.74, 6) is 3.78. The minimum absolute atomic E-state index is 0.946. The van der Waals surface area contributed by atoms with E-state index >= 15 is 0 Å². The molecular weight excluding hydrogens is 473 g/mol. The zero-order valence-corrected chi connectivity index (χ0v) is 23.1. The van der Waals surface area contributed by atoms with Crippen molar-refractivity contribution in [1.82, 2.24) is 9.80 Å². The molecule has 0 aliphatic carbocycles. The van der Waals surface area contributed by atoms with Gasteiger partial charge in [0.15, 0.2) is 0 Å². The van der Waals surface area contributed by atoms with E-state index in [9.17, 15) is 0 Å². The molecule has 0 fully saturated rings. The standard InChI is InChI=1S/C21H42N2S6/c24-16-5-1-12-22(13-2-6-17-25)20(28)10-9-11-21(29)23(14-3-7-18-26)15-4-8-19-27/h24-27H,1-19H2. The lowest BCUT2D eigenvalue weighted by Gasteiger charge is -2.27. The third-order valence-electron chi connectivity index (χ3n) is 4.83. The maximum atomic E-state index is 5.78. The van der Waals surface area contributed by atoms with Crippen molar-refractivity contribution in [3.05, 3.63) is 0 Å². The van der Waals surface area contributed by atoms with Crippen LogP contribution in [-0.2, 0) is 0 Å². The highest BCUT2D eigenvalue weighted by atomic mass is 32.1. The van der Waals surface area contributed by atoms with Crippen LogP contribution in [0.25, 0.3) is 0 Å². The number of unbranched alkanes of at least 4 members (excludes halogenated alkanes) is 4. The molecule has 0 aliphatic rings. The predicted molar refractivity (Wildman–Crippen MR) is 155 cm³/mol. The van der Waals surface area contributed by atoms with Crippen molar-refractivity contribution < 1.29 is 0 Å². The van der Waals surface area contributed by atoms with Crippen LogP contribution in [0, 0.1) is 0 Å². The van der Waals surface area contributed by atoms with Gasteiger partial charge in [-0.1, -0.05) is 24.4 Å². The third kappa shape index (κ3) is 17.4. The molecule has 0 atom stereocenters. The van der Waals surface area contributed by atoms with E-state index in [1.54, 1.807) is 0 Å². The summed E-state index contributed by atoms with van der Waals surface area (Å²) in [5, 5.41) is 0. The van der Waals surface area contributed by atoms with Crippen molar-refractivity contribution in [3.8, 4) is 0 Å². The molecule has 0 N–H and O–H groups in total. The zero-order chi connectivity index (χ0) is 21.7. The number of hydrogen-bond donors (Lipinski definition) is 4. The van der Waals surface area contributed by atoms with Crippen molar-refractivity contribution in [2.45, 2.75) is 70.6 Å². The molecule has 0 radical (unpaired) electrons. The molecule has 0 rings (SSSR count). The van der Waals surface area contributed by atoms with E-state index in [2.05, 4.69) is 60.3 Å². The first-order valence-electron chi connectivity index (χ1n) is 11.1. The molecule has 0 aromatic rings. The average molecular weight is 515 g/mol. The van der Waals surface area contributed by atoms with Gasteiger partial charge in [0, 0.05) is 26.2 Å². The average Bonchev–Trinajstić information content (AvgIpc) is 2.71. The molecule has 2 nitrogen and oxygen atoms in total. The van der Waals surface area contributed by atoms with Gasteiger partial charge in [0.05, 0.1) is 9.98 Å². The molecule has 0 amide bonds. The lowest BCUT2D eigenvalue weighted by molar-refractivity contribution is 0.392. The lowest BCUT2D eigenvalue weighted by atomic mass is 10.2. The van der Waals surface area contributed by atoms with E-state index < -0.39 is 0 Å². The number of rotatable bonds is 20. The molecule has 0 aromatic carbocycles. The highest BCUT2D eigenvalue weighted by Crippen LogP contribution is 2.12. The van der Waals surface area contributed by atoms with Gasteiger partial charge in [-0.05, 0) is 93.6 Å². The summed E-state index contributed by atoms with van der Waals surface area (Å²) >= 11 is 28.9. The van der Waals surface area contributed by atoms with Crippen LogP contribution < -0.4 is 0 Å². The lowest BCUT2D eigenvalue weighted by Crippen LogP contribution is -2.33. The molecule has 0 spiro atoms. The normalized spacial score (nSPS) is 10.9. The molecule has 29 heavy (non-hydrogen) atoms. The third-order valence-corrected chi connectivity index (χ3v) is 7.02. The smallest absolute Gasteiger partial charge is 0.0779 e. The second-order valence-electron chi connectivity index (χ2n) is 7.34. The minimum atomic E-state index is 0.946.